The summed E-state index contributed by atoms with van der Waals surface area (Å²) in [6.07, 6.45) is 2.09. The van der Waals surface area contributed by atoms with Gasteiger partial charge in [-0.2, -0.15) is 0 Å². The number of carbonyl (C=O) groups is 1. The van der Waals surface area contributed by atoms with Crippen molar-refractivity contribution in [3.05, 3.63) is 69.5 Å². The first-order chi connectivity index (χ1) is 14.0. The highest BCUT2D eigenvalue weighted by atomic mass is 19.1. The molecule has 1 aliphatic rings. The van der Waals surface area contributed by atoms with E-state index < -0.39 is 22.9 Å². The number of fused-ring (bicyclic) bond motifs is 1. The maximum atomic E-state index is 14.0. The van der Waals surface area contributed by atoms with Gasteiger partial charge in [-0.3, -0.25) is 14.9 Å². The van der Waals surface area contributed by atoms with Crippen molar-refractivity contribution in [1.29, 1.82) is 0 Å². The van der Waals surface area contributed by atoms with Gasteiger partial charge >= 0.3 is 0 Å². The van der Waals surface area contributed by atoms with Crippen LogP contribution in [0.5, 0.6) is 5.75 Å². The third-order valence-corrected chi connectivity index (χ3v) is 4.86. The van der Waals surface area contributed by atoms with Crippen LogP contribution in [0.1, 0.15) is 42.1 Å². The summed E-state index contributed by atoms with van der Waals surface area (Å²) in [5, 5.41) is 13.6. The molecule has 1 heterocycles. The number of hydrogen-bond donors (Lipinski definition) is 1. The van der Waals surface area contributed by atoms with Gasteiger partial charge in [0.1, 0.15) is 11.6 Å². The number of nitrogens with one attached hydrogen (secondary N) is 1. The number of ether oxygens (including phenoxy) is 2. The fraction of sp³-hybridized carbons (Fsp3) is 0.381. The highest BCUT2D eigenvalue weighted by Gasteiger charge is 2.29. The number of nitro groups is 1. The number of unbranched alkanes of at least 4 members (excludes halogenated alkanes) is 1. The molecule has 0 saturated heterocycles. The lowest BCUT2D eigenvalue weighted by Gasteiger charge is -2.32. The molecule has 29 heavy (non-hydrogen) atoms. The maximum Gasteiger partial charge on any atom is 0.270 e. The van der Waals surface area contributed by atoms with E-state index in [0.29, 0.717) is 6.61 Å². The summed E-state index contributed by atoms with van der Waals surface area (Å²) >= 11 is 0. The molecular formula is C21H23FN2O5. The maximum absolute atomic E-state index is 14.0. The van der Waals surface area contributed by atoms with Crippen molar-refractivity contribution in [1.82, 2.24) is 5.32 Å². The van der Waals surface area contributed by atoms with Crippen molar-refractivity contribution in [3.63, 3.8) is 0 Å². The Labute approximate surface area is 168 Å². The number of amides is 1. The van der Waals surface area contributed by atoms with Crippen LogP contribution in [0.25, 0.3) is 0 Å². The Morgan fingerprint density at radius 2 is 2.14 bits per heavy atom. The van der Waals surface area contributed by atoms with Crippen LogP contribution in [0.2, 0.25) is 0 Å². The zero-order chi connectivity index (χ0) is 20.8. The number of carbonyl (C=O) groups excluding carboxylic acids is 1. The van der Waals surface area contributed by atoms with Gasteiger partial charge in [-0.15, -0.1) is 0 Å². The molecule has 3 rings (SSSR count). The third-order valence-electron chi connectivity index (χ3n) is 4.86. The van der Waals surface area contributed by atoms with E-state index in [-0.39, 0.29) is 23.7 Å². The highest BCUT2D eigenvalue weighted by molar-refractivity contribution is 5.95. The lowest BCUT2D eigenvalue weighted by Crippen LogP contribution is -2.40. The largest absolute Gasteiger partial charge is 0.464 e. The Kier molecular flexibility index (Phi) is 6.77. The number of nitrogens with zero attached hydrogens (tertiary/aromatic N) is 1. The Bertz CT molecular complexity index is 889. The van der Waals surface area contributed by atoms with Crippen molar-refractivity contribution in [2.45, 2.75) is 39.1 Å². The Morgan fingerprint density at radius 3 is 2.90 bits per heavy atom. The number of nitro benzene ring substituents is 1. The molecule has 1 N–H and O–H groups in total. The fourth-order valence-electron chi connectivity index (χ4n) is 3.22. The second-order valence-corrected chi connectivity index (χ2v) is 6.94. The van der Waals surface area contributed by atoms with Crippen LogP contribution in [0, 0.1) is 21.8 Å². The van der Waals surface area contributed by atoms with Crippen LogP contribution >= 0.6 is 0 Å². The minimum atomic E-state index is -0.808. The molecule has 0 spiro atoms. The van der Waals surface area contributed by atoms with E-state index >= 15 is 0 Å². The zero-order valence-corrected chi connectivity index (χ0v) is 16.1. The van der Waals surface area contributed by atoms with Gasteiger partial charge in [-0.25, -0.2) is 4.39 Å². The van der Waals surface area contributed by atoms with Crippen LogP contribution in [-0.4, -0.2) is 23.7 Å². The quantitative estimate of drug-likeness (QED) is 0.528. The van der Waals surface area contributed by atoms with Gasteiger partial charge in [0.25, 0.3) is 11.6 Å². The molecule has 0 fully saturated rings. The summed E-state index contributed by atoms with van der Waals surface area (Å²) in [6, 6.07) is 10.5. The van der Waals surface area contributed by atoms with Crippen LogP contribution < -0.4 is 10.1 Å². The molecule has 1 aliphatic heterocycles. The minimum absolute atomic E-state index is 0.144. The predicted octanol–water partition coefficient (Wildman–Crippen LogP) is 4.21. The van der Waals surface area contributed by atoms with Gasteiger partial charge in [0.05, 0.1) is 17.1 Å². The van der Waals surface area contributed by atoms with Crippen LogP contribution in [0.15, 0.2) is 42.5 Å². The average Bonchev–Trinajstić information content (AvgIpc) is 2.73. The fourth-order valence-corrected chi connectivity index (χ4v) is 3.22. The summed E-state index contributed by atoms with van der Waals surface area (Å²) in [5.74, 6) is -0.906. The van der Waals surface area contributed by atoms with E-state index in [0.717, 1.165) is 48.8 Å². The first-order valence-electron chi connectivity index (χ1n) is 9.58. The van der Waals surface area contributed by atoms with Crippen molar-refractivity contribution in [3.8, 4) is 5.75 Å². The number of para-hydroxylation sites is 1. The van der Waals surface area contributed by atoms with Crippen LogP contribution in [0.4, 0.5) is 10.1 Å². The van der Waals surface area contributed by atoms with E-state index in [9.17, 15) is 19.3 Å². The summed E-state index contributed by atoms with van der Waals surface area (Å²) in [7, 11) is 0. The molecule has 0 radical (unpaired) electrons. The molecule has 0 aliphatic carbocycles. The number of non-ortho nitro benzene ring substituents is 1. The molecule has 2 atom stereocenters. The van der Waals surface area contributed by atoms with Gasteiger partial charge in [0, 0.05) is 30.2 Å². The summed E-state index contributed by atoms with van der Waals surface area (Å²) in [6.45, 7) is 2.68. The Morgan fingerprint density at radius 1 is 1.34 bits per heavy atom. The lowest BCUT2D eigenvalue weighted by atomic mass is 10.00. The summed E-state index contributed by atoms with van der Waals surface area (Å²) in [4.78, 5) is 22.7. The highest BCUT2D eigenvalue weighted by Crippen LogP contribution is 2.30. The van der Waals surface area contributed by atoms with E-state index in [4.69, 9.17) is 9.47 Å². The molecule has 0 saturated carbocycles. The first-order valence-corrected chi connectivity index (χ1v) is 9.58. The smallest absolute Gasteiger partial charge is 0.270 e. The minimum Gasteiger partial charge on any atom is -0.464 e. The summed E-state index contributed by atoms with van der Waals surface area (Å²) in [5.41, 5.74) is 0.264. The van der Waals surface area contributed by atoms with Crippen LogP contribution in [0.3, 0.4) is 0 Å². The standard InChI is InChI=1S/C21H23FN2O5/c1-2-3-6-14(21-28-13-15-7-4-5-8-19(15)29-21)12-23-20(25)17-11-16(24(26)27)9-10-18(17)22/h4-5,7-11,14,21H,2-3,6,12-13H2,1H3,(H,23,25). The van der Waals surface area contributed by atoms with E-state index in [1.54, 1.807) is 0 Å². The monoisotopic (exact) mass is 402 g/mol. The molecule has 0 bridgehead atoms. The van der Waals surface area contributed by atoms with Crippen molar-refractivity contribution in [2.24, 2.45) is 5.92 Å². The normalized spacial score (nSPS) is 16.4. The molecule has 2 aromatic rings. The lowest BCUT2D eigenvalue weighted by molar-refractivity contribution is -0.384. The van der Waals surface area contributed by atoms with E-state index in [1.807, 2.05) is 24.3 Å². The second-order valence-electron chi connectivity index (χ2n) is 6.94. The Balaban J connectivity index is 1.69. The number of hydrogen-bond acceptors (Lipinski definition) is 5. The number of halogens is 1. The van der Waals surface area contributed by atoms with Crippen molar-refractivity contribution in [2.75, 3.05) is 6.54 Å². The molecule has 8 heteroatoms. The zero-order valence-electron chi connectivity index (χ0n) is 16.1. The van der Waals surface area contributed by atoms with Gasteiger partial charge in [0.15, 0.2) is 0 Å². The van der Waals surface area contributed by atoms with Crippen LogP contribution in [-0.2, 0) is 11.3 Å². The van der Waals surface area contributed by atoms with E-state index in [2.05, 4.69) is 12.2 Å². The SMILES string of the molecule is CCCCC(CNC(=O)c1cc([N+](=O)[O-])ccc1F)C1OCc2ccccc2O1. The molecule has 0 aromatic heterocycles. The second kappa shape index (κ2) is 9.47. The van der Waals surface area contributed by atoms with Gasteiger partial charge in [-0.05, 0) is 18.6 Å². The molecule has 2 unspecified atom stereocenters. The average molecular weight is 402 g/mol. The third kappa shape index (κ3) is 5.08. The number of rotatable bonds is 8. The topological polar surface area (TPSA) is 90.7 Å². The van der Waals surface area contributed by atoms with Crippen molar-refractivity contribution >= 4 is 11.6 Å². The molecule has 1 amide bonds. The Hall–Kier alpha value is -3.00. The number of benzene rings is 2. The van der Waals surface area contributed by atoms with Gasteiger partial charge in [0.2, 0.25) is 6.29 Å². The molecule has 7 nitrogen and oxygen atoms in total. The van der Waals surface area contributed by atoms with Gasteiger partial charge in [-0.1, -0.05) is 38.0 Å². The van der Waals surface area contributed by atoms with Gasteiger partial charge < -0.3 is 14.8 Å². The first kappa shape index (κ1) is 20.7. The summed E-state index contributed by atoms with van der Waals surface area (Å²) < 4.78 is 25.8. The molecular weight excluding hydrogens is 379 g/mol. The van der Waals surface area contributed by atoms with Crippen molar-refractivity contribution < 1.29 is 23.6 Å². The van der Waals surface area contributed by atoms with E-state index in [1.165, 1.54) is 0 Å². The molecule has 154 valence electrons. The predicted molar refractivity (Wildman–Crippen MR) is 104 cm³/mol. The molecule has 2 aromatic carbocycles.